The summed E-state index contributed by atoms with van der Waals surface area (Å²) in [6.07, 6.45) is 2.89. The van der Waals surface area contributed by atoms with Crippen LogP contribution in [-0.2, 0) is 12.1 Å². The standard InChI is InChI=1S/C11H12BrN3O2/c12-10-3-1-9(2-4-10)11(17,6-16)5-15-8-13-7-14-15/h1-4,7-8,16-17H,5-6H2. The molecule has 0 fully saturated rings. The summed E-state index contributed by atoms with van der Waals surface area (Å²) < 4.78 is 2.40. The maximum absolute atomic E-state index is 10.4. The lowest BCUT2D eigenvalue weighted by Crippen LogP contribution is -2.35. The number of aliphatic hydroxyl groups is 2. The molecule has 1 heterocycles. The van der Waals surface area contributed by atoms with Gasteiger partial charge in [0.2, 0.25) is 0 Å². The van der Waals surface area contributed by atoms with Gasteiger partial charge in [-0.1, -0.05) is 28.1 Å². The molecule has 0 radical (unpaired) electrons. The van der Waals surface area contributed by atoms with Crippen molar-refractivity contribution in [2.75, 3.05) is 6.61 Å². The van der Waals surface area contributed by atoms with Crippen LogP contribution in [0.15, 0.2) is 41.4 Å². The predicted octanol–water partition coefficient (Wildman–Crippen LogP) is 0.921. The third-order valence-corrected chi connectivity index (χ3v) is 3.06. The van der Waals surface area contributed by atoms with Gasteiger partial charge in [-0.05, 0) is 17.7 Å². The SMILES string of the molecule is OCC(O)(Cn1cncn1)c1ccc(Br)cc1. The minimum absolute atomic E-state index is 0.158. The second-order valence-corrected chi connectivity index (χ2v) is 4.71. The molecule has 0 aliphatic carbocycles. The molecule has 1 aromatic heterocycles. The summed E-state index contributed by atoms with van der Waals surface area (Å²) in [7, 11) is 0. The van der Waals surface area contributed by atoms with Crippen molar-refractivity contribution in [2.24, 2.45) is 0 Å². The van der Waals surface area contributed by atoms with Crippen molar-refractivity contribution in [1.82, 2.24) is 14.8 Å². The van der Waals surface area contributed by atoms with Gasteiger partial charge in [-0.2, -0.15) is 5.10 Å². The Bertz CT molecular complexity index is 472. The number of rotatable bonds is 4. The Labute approximate surface area is 107 Å². The normalized spacial score (nSPS) is 14.5. The van der Waals surface area contributed by atoms with Crippen molar-refractivity contribution in [1.29, 1.82) is 0 Å². The van der Waals surface area contributed by atoms with Crippen molar-refractivity contribution >= 4 is 15.9 Å². The van der Waals surface area contributed by atoms with Gasteiger partial charge in [-0.25, -0.2) is 9.67 Å². The predicted molar refractivity (Wildman–Crippen MR) is 65.1 cm³/mol. The van der Waals surface area contributed by atoms with Gasteiger partial charge in [0.05, 0.1) is 13.2 Å². The third-order valence-electron chi connectivity index (χ3n) is 2.53. The van der Waals surface area contributed by atoms with Crippen molar-refractivity contribution in [3.05, 3.63) is 47.0 Å². The average Bonchev–Trinajstić information content (AvgIpc) is 2.82. The highest BCUT2D eigenvalue weighted by Crippen LogP contribution is 2.24. The van der Waals surface area contributed by atoms with E-state index in [4.69, 9.17) is 0 Å². The summed E-state index contributed by atoms with van der Waals surface area (Å²) in [5.74, 6) is 0. The van der Waals surface area contributed by atoms with Crippen LogP contribution in [0, 0.1) is 0 Å². The third kappa shape index (κ3) is 2.71. The summed E-state index contributed by atoms with van der Waals surface area (Å²) >= 11 is 3.32. The van der Waals surface area contributed by atoms with Gasteiger partial charge in [0, 0.05) is 4.47 Å². The van der Waals surface area contributed by atoms with Crippen LogP contribution in [0.5, 0.6) is 0 Å². The fraction of sp³-hybridized carbons (Fsp3) is 0.273. The zero-order chi connectivity index (χ0) is 12.3. The van der Waals surface area contributed by atoms with Gasteiger partial charge < -0.3 is 10.2 Å². The van der Waals surface area contributed by atoms with Crippen LogP contribution in [-0.4, -0.2) is 31.6 Å². The molecule has 6 heteroatoms. The van der Waals surface area contributed by atoms with Gasteiger partial charge in [-0.3, -0.25) is 0 Å². The Balaban J connectivity index is 2.27. The Hall–Kier alpha value is -1.24. The van der Waals surface area contributed by atoms with Gasteiger partial charge in [0.25, 0.3) is 0 Å². The summed E-state index contributed by atoms with van der Waals surface area (Å²) in [6, 6.07) is 7.16. The first kappa shape index (κ1) is 12.2. The molecule has 17 heavy (non-hydrogen) atoms. The quantitative estimate of drug-likeness (QED) is 0.880. The van der Waals surface area contributed by atoms with Crippen LogP contribution < -0.4 is 0 Å². The lowest BCUT2D eigenvalue weighted by atomic mass is 9.95. The Morgan fingerprint density at radius 3 is 2.53 bits per heavy atom. The molecule has 2 N–H and O–H groups in total. The van der Waals surface area contributed by atoms with Crippen LogP contribution in [0.1, 0.15) is 5.56 Å². The van der Waals surface area contributed by atoms with E-state index in [0.717, 1.165) is 4.47 Å². The van der Waals surface area contributed by atoms with Crippen LogP contribution in [0.25, 0.3) is 0 Å². The molecule has 90 valence electrons. The van der Waals surface area contributed by atoms with Gasteiger partial charge in [0.1, 0.15) is 18.3 Å². The maximum Gasteiger partial charge on any atom is 0.137 e. The summed E-state index contributed by atoms with van der Waals surface area (Å²) in [5, 5.41) is 23.7. The van der Waals surface area contributed by atoms with E-state index in [1.54, 1.807) is 12.1 Å². The molecular formula is C11H12BrN3O2. The average molecular weight is 298 g/mol. The number of nitrogens with zero attached hydrogens (tertiary/aromatic N) is 3. The molecule has 0 aliphatic rings. The van der Waals surface area contributed by atoms with Gasteiger partial charge in [0.15, 0.2) is 0 Å². The molecule has 0 aliphatic heterocycles. The highest BCUT2D eigenvalue weighted by atomic mass is 79.9. The molecule has 0 amide bonds. The molecule has 0 saturated heterocycles. The molecule has 1 atom stereocenters. The van der Waals surface area contributed by atoms with E-state index in [9.17, 15) is 10.2 Å². The highest BCUT2D eigenvalue weighted by Gasteiger charge is 2.29. The molecule has 2 aromatic rings. The topological polar surface area (TPSA) is 71.2 Å². The summed E-state index contributed by atoms with van der Waals surface area (Å²) in [4.78, 5) is 3.80. The van der Waals surface area contributed by atoms with Crippen molar-refractivity contribution < 1.29 is 10.2 Å². The molecule has 0 spiro atoms. The number of halogens is 1. The first-order valence-electron chi connectivity index (χ1n) is 5.06. The van der Waals surface area contributed by atoms with Crippen LogP contribution in [0.4, 0.5) is 0 Å². The fourth-order valence-corrected chi connectivity index (χ4v) is 1.84. The van der Waals surface area contributed by atoms with E-state index in [1.165, 1.54) is 17.3 Å². The summed E-state index contributed by atoms with van der Waals surface area (Å²) in [5.41, 5.74) is -0.715. The van der Waals surface area contributed by atoms with Crippen molar-refractivity contribution in [3.8, 4) is 0 Å². The number of hydrogen-bond donors (Lipinski definition) is 2. The Kier molecular flexibility index (Phi) is 3.56. The van der Waals surface area contributed by atoms with Crippen molar-refractivity contribution in [2.45, 2.75) is 12.1 Å². The largest absolute Gasteiger partial charge is 0.393 e. The number of benzene rings is 1. The Morgan fingerprint density at radius 2 is 2.00 bits per heavy atom. The fourth-order valence-electron chi connectivity index (χ4n) is 1.58. The van der Waals surface area contributed by atoms with Crippen LogP contribution in [0.3, 0.4) is 0 Å². The van der Waals surface area contributed by atoms with Crippen molar-refractivity contribution in [3.63, 3.8) is 0 Å². The number of hydrogen-bond acceptors (Lipinski definition) is 4. The van der Waals surface area contributed by atoms with Crippen LogP contribution >= 0.6 is 15.9 Å². The minimum Gasteiger partial charge on any atom is -0.393 e. The van der Waals surface area contributed by atoms with E-state index in [-0.39, 0.29) is 13.2 Å². The second-order valence-electron chi connectivity index (χ2n) is 3.79. The first-order chi connectivity index (χ1) is 8.14. The molecular weight excluding hydrogens is 286 g/mol. The molecule has 2 rings (SSSR count). The zero-order valence-electron chi connectivity index (χ0n) is 8.99. The number of aliphatic hydroxyl groups excluding tert-OH is 1. The van der Waals surface area contributed by atoms with Gasteiger partial charge in [-0.15, -0.1) is 0 Å². The molecule has 1 unspecified atom stereocenters. The maximum atomic E-state index is 10.4. The Morgan fingerprint density at radius 1 is 1.29 bits per heavy atom. The van der Waals surface area contributed by atoms with E-state index in [1.807, 2.05) is 12.1 Å². The zero-order valence-corrected chi connectivity index (χ0v) is 10.6. The lowest BCUT2D eigenvalue weighted by molar-refractivity contribution is -0.0357. The first-order valence-corrected chi connectivity index (χ1v) is 5.85. The highest BCUT2D eigenvalue weighted by molar-refractivity contribution is 9.10. The molecule has 0 saturated carbocycles. The minimum atomic E-state index is -1.35. The number of aromatic nitrogens is 3. The second kappa shape index (κ2) is 4.95. The van der Waals surface area contributed by atoms with Crippen LogP contribution in [0.2, 0.25) is 0 Å². The van der Waals surface area contributed by atoms with E-state index < -0.39 is 5.60 Å². The molecule has 1 aromatic carbocycles. The van der Waals surface area contributed by atoms with E-state index in [0.29, 0.717) is 5.56 Å². The van der Waals surface area contributed by atoms with Gasteiger partial charge >= 0.3 is 0 Å². The lowest BCUT2D eigenvalue weighted by Gasteiger charge is -2.26. The molecule has 0 bridgehead atoms. The van der Waals surface area contributed by atoms with E-state index in [2.05, 4.69) is 26.0 Å². The smallest absolute Gasteiger partial charge is 0.137 e. The monoisotopic (exact) mass is 297 g/mol. The molecule has 5 nitrogen and oxygen atoms in total. The van der Waals surface area contributed by atoms with E-state index >= 15 is 0 Å². The summed E-state index contributed by atoms with van der Waals surface area (Å²) in [6.45, 7) is -0.223.